The Labute approximate surface area is 123 Å². The monoisotopic (exact) mass is 414 g/mol. The third kappa shape index (κ3) is 1.62. The minimum atomic E-state index is 0.790. The summed E-state index contributed by atoms with van der Waals surface area (Å²) in [6.45, 7) is 0. The Morgan fingerprint density at radius 1 is 0.875 bits per heavy atom. The molecule has 4 aliphatic rings. The molecule has 2 saturated heterocycles. The van der Waals surface area contributed by atoms with E-state index in [4.69, 9.17) is 0 Å². The average Bonchev–Trinajstić information content (AvgIpc) is 3.03. The molecule has 0 saturated carbocycles. The van der Waals surface area contributed by atoms with E-state index in [1.54, 1.807) is 28.6 Å². The second kappa shape index (κ2) is 4.50. The van der Waals surface area contributed by atoms with Crippen molar-refractivity contribution in [3.05, 3.63) is 39.4 Å². The van der Waals surface area contributed by atoms with Crippen LogP contribution in [0.15, 0.2) is 39.4 Å². The molecule has 0 aromatic rings. The molecule has 0 unspecified atom stereocenters. The zero-order chi connectivity index (χ0) is 10.5. The Morgan fingerprint density at radius 3 is 2.00 bits per heavy atom. The summed E-state index contributed by atoms with van der Waals surface area (Å²) in [4.78, 5) is 3.35. The van der Waals surface area contributed by atoms with Crippen LogP contribution in [0.25, 0.3) is 0 Å². The van der Waals surface area contributed by atoms with Gasteiger partial charge < -0.3 is 0 Å². The van der Waals surface area contributed by atoms with E-state index in [9.17, 15) is 0 Å². The quantitative estimate of drug-likeness (QED) is 0.559. The van der Waals surface area contributed by atoms with Gasteiger partial charge in [-0.1, -0.05) is 0 Å². The van der Waals surface area contributed by atoms with Crippen molar-refractivity contribution >= 4 is 73.3 Å². The van der Waals surface area contributed by atoms with Crippen molar-refractivity contribution in [1.29, 1.82) is 0 Å². The summed E-state index contributed by atoms with van der Waals surface area (Å²) in [6.07, 6.45) is 0. The van der Waals surface area contributed by atoms with Gasteiger partial charge in [0.1, 0.15) is 0 Å². The van der Waals surface area contributed by atoms with Gasteiger partial charge in [-0.2, -0.15) is 0 Å². The van der Waals surface area contributed by atoms with Crippen LogP contribution in [0.1, 0.15) is 0 Å². The molecule has 3 heterocycles. The van der Waals surface area contributed by atoms with Gasteiger partial charge in [0.2, 0.25) is 0 Å². The van der Waals surface area contributed by atoms with Crippen molar-refractivity contribution in [1.82, 2.24) is 0 Å². The van der Waals surface area contributed by atoms with Crippen LogP contribution in [0.4, 0.5) is 0 Å². The van der Waals surface area contributed by atoms with Crippen molar-refractivity contribution in [2.75, 3.05) is 11.5 Å². The average molecular weight is 412 g/mol. The van der Waals surface area contributed by atoms with Crippen molar-refractivity contribution < 1.29 is 0 Å². The molecule has 82 valence electrons. The molecule has 1 aliphatic carbocycles. The standard InChI is InChI=1S/C10H6S4Se2/c1-2-12-7-6(11-1)8-5(9(7)16-15-8)10-13-3-4-14-10/h3-4H,1-2H2. The number of thioether (sulfide) groups is 4. The molecule has 4 rings (SSSR count). The van der Waals surface area contributed by atoms with Gasteiger partial charge in [-0.05, 0) is 0 Å². The molecule has 3 aliphatic heterocycles. The topological polar surface area (TPSA) is 0 Å². The molecule has 16 heavy (non-hydrogen) atoms. The van der Waals surface area contributed by atoms with Crippen LogP contribution in [-0.2, 0) is 0 Å². The summed E-state index contributed by atoms with van der Waals surface area (Å²) in [5.74, 6) is 2.62. The Bertz CT molecular complexity index is 459. The van der Waals surface area contributed by atoms with Crippen LogP contribution in [-0.4, -0.2) is 37.8 Å². The fourth-order valence-corrected chi connectivity index (χ4v) is 17.5. The van der Waals surface area contributed by atoms with Gasteiger partial charge >= 0.3 is 124 Å². The fraction of sp³-hybridized carbons (Fsp3) is 0.200. The molecule has 0 spiro atoms. The van der Waals surface area contributed by atoms with Crippen LogP contribution in [0.2, 0.25) is 0 Å². The summed E-state index contributed by atoms with van der Waals surface area (Å²) in [5, 5.41) is 4.45. The zero-order valence-corrected chi connectivity index (χ0v) is 14.7. The van der Waals surface area contributed by atoms with Crippen LogP contribution in [0.5, 0.6) is 0 Å². The number of hydrogen-bond donors (Lipinski definition) is 0. The summed E-state index contributed by atoms with van der Waals surface area (Å²) in [6, 6.07) is 0. The van der Waals surface area contributed by atoms with E-state index < -0.39 is 0 Å². The molecule has 2 bridgehead atoms. The van der Waals surface area contributed by atoms with E-state index in [-0.39, 0.29) is 0 Å². The maximum absolute atomic E-state index is 2.23. The van der Waals surface area contributed by atoms with Crippen molar-refractivity contribution in [3.8, 4) is 0 Å². The second-order valence-electron chi connectivity index (χ2n) is 3.35. The number of hydrogen-bond acceptors (Lipinski definition) is 4. The van der Waals surface area contributed by atoms with E-state index in [1.807, 2.05) is 23.5 Å². The normalized spacial score (nSPS) is 27.5. The first-order valence-corrected chi connectivity index (χ1v) is 14.6. The van der Waals surface area contributed by atoms with E-state index in [1.165, 1.54) is 11.5 Å². The molecule has 2 fully saturated rings. The molecule has 0 nitrogen and oxygen atoms in total. The Kier molecular flexibility index (Phi) is 3.16. The summed E-state index contributed by atoms with van der Waals surface area (Å²) < 4.78 is 5.07. The van der Waals surface area contributed by atoms with Gasteiger partial charge in [-0.15, -0.1) is 0 Å². The van der Waals surface area contributed by atoms with Crippen molar-refractivity contribution in [2.45, 2.75) is 0 Å². The molecule has 0 atom stereocenters. The SMILES string of the molecule is C1=CSC(=C2C3=C4SCCSC4=C2[Se][Se]3)S1. The van der Waals surface area contributed by atoms with Gasteiger partial charge in [-0.25, -0.2) is 0 Å². The number of rotatable bonds is 0. The zero-order valence-electron chi connectivity index (χ0n) is 8.02. The van der Waals surface area contributed by atoms with E-state index in [0.29, 0.717) is 0 Å². The molecule has 0 aromatic carbocycles. The second-order valence-corrected chi connectivity index (χ2v) is 13.7. The first kappa shape index (κ1) is 11.2. The maximum atomic E-state index is 2.23. The third-order valence-electron chi connectivity index (χ3n) is 2.47. The fourth-order valence-electron chi connectivity index (χ4n) is 1.84. The van der Waals surface area contributed by atoms with Gasteiger partial charge in [0.15, 0.2) is 0 Å². The van der Waals surface area contributed by atoms with Gasteiger partial charge in [-0.3, -0.25) is 0 Å². The number of allylic oxidation sites excluding steroid dienone is 3. The van der Waals surface area contributed by atoms with Gasteiger partial charge in [0.25, 0.3) is 0 Å². The van der Waals surface area contributed by atoms with Crippen molar-refractivity contribution in [2.24, 2.45) is 0 Å². The summed E-state index contributed by atoms with van der Waals surface area (Å²) >= 11 is 9.66. The van der Waals surface area contributed by atoms with Gasteiger partial charge in [0, 0.05) is 0 Å². The Hall–Kier alpha value is 1.40. The van der Waals surface area contributed by atoms with E-state index >= 15 is 0 Å². The molecular weight excluding hydrogens is 406 g/mol. The first-order chi connectivity index (χ1) is 7.95. The van der Waals surface area contributed by atoms with Crippen LogP contribution in [0.3, 0.4) is 0 Å². The summed E-state index contributed by atoms with van der Waals surface area (Å²) in [7, 11) is 0. The van der Waals surface area contributed by atoms with Crippen LogP contribution in [0, 0.1) is 0 Å². The van der Waals surface area contributed by atoms with Crippen molar-refractivity contribution in [3.63, 3.8) is 0 Å². The van der Waals surface area contributed by atoms with Gasteiger partial charge in [0.05, 0.1) is 0 Å². The predicted molar refractivity (Wildman–Crippen MR) is 81.8 cm³/mol. The Balaban J connectivity index is 1.89. The predicted octanol–water partition coefficient (Wildman–Crippen LogP) is 3.40. The molecule has 0 N–H and O–H groups in total. The molecule has 6 heteroatoms. The van der Waals surface area contributed by atoms with E-state index in [0.717, 1.165) is 26.3 Å². The Morgan fingerprint density at radius 2 is 1.44 bits per heavy atom. The van der Waals surface area contributed by atoms with Crippen LogP contribution >= 0.6 is 47.0 Å². The van der Waals surface area contributed by atoms with E-state index in [2.05, 4.69) is 34.3 Å². The molecule has 0 amide bonds. The minimum absolute atomic E-state index is 0.790. The number of fused-ring (bicyclic) bond motifs is 3. The van der Waals surface area contributed by atoms with Crippen LogP contribution < -0.4 is 0 Å². The first-order valence-electron chi connectivity index (χ1n) is 4.77. The summed E-state index contributed by atoms with van der Waals surface area (Å²) in [5.41, 5.74) is 1.67. The molecule has 0 aromatic heterocycles. The molecular formula is C10H6S4Se2. The molecule has 0 radical (unpaired) electrons. The third-order valence-corrected chi connectivity index (χ3v) is 14.9.